The minimum Gasteiger partial charge on any atom is -0.487 e. The van der Waals surface area contributed by atoms with E-state index >= 15 is 0 Å². The second kappa shape index (κ2) is 5.62. The van der Waals surface area contributed by atoms with Gasteiger partial charge in [0.2, 0.25) is 0 Å². The van der Waals surface area contributed by atoms with Gasteiger partial charge in [-0.05, 0) is 25.0 Å². The fraction of sp³-hybridized carbons (Fsp3) is 0.600. The standard InChI is InChI=1S/C15H22BrNO/c1-3-7-15(8-4-2)10-13(17)12-6-5-11(16)9-14(12)18-15/h5-6,9,13H,3-4,7-8,10,17H2,1-2H3/t13-/m1/s1. The van der Waals surface area contributed by atoms with Crippen molar-refractivity contribution in [3.63, 3.8) is 0 Å². The molecule has 1 atom stereocenters. The number of ether oxygens (including phenoxy) is 1. The van der Waals surface area contributed by atoms with Crippen LogP contribution < -0.4 is 10.5 Å². The summed E-state index contributed by atoms with van der Waals surface area (Å²) >= 11 is 3.51. The highest BCUT2D eigenvalue weighted by molar-refractivity contribution is 9.10. The molecule has 0 aromatic heterocycles. The maximum atomic E-state index is 6.34. The number of hydrogen-bond donors (Lipinski definition) is 1. The molecule has 1 heterocycles. The number of halogens is 1. The van der Waals surface area contributed by atoms with E-state index < -0.39 is 0 Å². The van der Waals surface area contributed by atoms with E-state index in [1.165, 1.54) is 0 Å². The molecular weight excluding hydrogens is 290 g/mol. The Bertz CT molecular complexity index is 413. The summed E-state index contributed by atoms with van der Waals surface area (Å²) in [4.78, 5) is 0. The van der Waals surface area contributed by atoms with Crippen LogP contribution in [0.2, 0.25) is 0 Å². The van der Waals surface area contributed by atoms with Gasteiger partial charge in [0.05, 0.1) is 0 Å². The molecule has 0 saturated carbocycles. The number of fused-ring (bicyclic) bond motifs is 1. The van der Waals surface area contributed by atoms with Crippen LogP contribution >= 0.6 is 15.9 Å². The Kier molecular flexibility index (Phi) is 4.33. The van der Waals surface area contributed by atoms with E-state index in [0.717, 1.165) is 47.9 Å². The van der Waals surface area contributed by atoms with E-state index in [2.05, 4.69) is 41.9 Å². The van der Waals surface area contributed by atoms with Crippen molar-refractivity contribution in [2.75, 3.05) is 0 Å². The van der Waals surface area contributed by atoms with E-state index in [9.17, 15) is 0 Å². The molecule has 3 heteroatoms. The molecule has 100 valence electrons. The summed E-state index contributed by atoms with van der Waals surface area (Å²) in [5.41, 5.74) is 7.42. The fourth-order valence-corrected chi connectivity index (χ4v) is 3.37. The van der Waals surface area contributed by atoms with Gasteiger partial charge in [-0.25, -0.2) is 0 Å². The van der Waals surface area contributed by atoms with Crippen molar-refractivity contribution in [2.24, 2.45) is 5.73 Å². The predicted octanol–water partition coefficient (Wildman–Crippen LogP) is 4.57. The minimum atomic E-state index is -0.0588. The lowest BCUT2D eigenvalue weighted by Gasteiger charge is -2.41. The van der Waals surface area contributed by atoms with Gasteiger partial charge < -0.3 is 10.5 Å². The molecule has 0 amide bonds. The van der Waals surface area contributed by atoms with Gasteiger partial charge in [-0.2, -0.15) is 0 Å². The van der Waals surface area contributed by atoms with Crippen LogP contribution in [-0.2, 0) is 0 Å². The van der Waals surface area contributed by atoms with Gasteiger partial charge in [-0.3, -0.25) is 0 Å². The molecule has 0 fully saturated rings. The van der Waals surface area contributed by atoms with Crippen LogP contribution in [0.1, 0.15) is 57.6 Å². The largest absolute Gasteiger partial charge is 0.487 e. The highest BCUT2D eigenvalue weighted by Gasteiger charge is 2.38. The topological polar surface area (TPSA) is 35.2 Å². The van der Waals surface area contributed by atoms with Crippen molar-refractivity contribution < 1.29 is 4.74 Å². The van der Waals surface area contributed by atoms with Crippen LogP contribution in [0.4, 0.5) is 0 Å². The molecule has 1 aliphatic heterocycles. The van der Waals surface area contributed by atoms with Crippen LogP contribution in [0.5, 0.6) is 5.75 Å². The molecule has 0 unspecified atom stereocenters. The average Bonchev–Trinajstić information content (AvgIpc) is 2.28. The Balaban J connectivity index is 2.34. The van der Waals surface area contributed by atoms with Gasteiger partial charge >= 0.3 is 0 Å². The first-order valence-corrected chi connectivity index (χ1v) is 7.63. The molecule has 0 bridgehead atoms. The number of benzene rings is 1. The monoisotopic (exact) mass is 311 g/mol. The molecular formula is C15H22BrNO. The van der Waals surface area contributed by atoms with Gasteiger partial charge in [0, 0.05) is 22.5 Å². The fourth-order valence-electron chi connectivity index (χ4n) is 3.03. The quantitative estimate of drug-likeness (QED) is 0.884. The summed E-state index contributed by atoms with van der Waals surface area (Å²) in [6, 6.07) is 6.26. The zero-order valence-corrected chi connectivity index (χ0v) is 12.8. The van der Waals surface area contributed by atoms with Crippen molar-refractivity contribution in [3.8, 4) is 5.75 Å². The summed E-state index contributed by atoms with van der Waals surface area (Å²) in [5.74, 6) is 0.963. The van der Waals surface area contributed by atoms with E-state index in [1.54, 1.807) is 0 Å². The first-order valence-electron chi connectivity index (χ1n) is 6.84. The van der Waals surface area contributed by atoms with Gasteiger partial charge in [0.1, 0.15) is 11.4 Å². The zero-order chi connectivity index (χ0) is 13.2. The molecule has 0 saturated heterocycles. The molecule has 2 N–H and O–H groups in total. The number of nitrogens with two attached hydrogens (primary N) is 1. The van der Waals surface area contributed by atoms with Gasteiger partial charge in [-0.15, -0.1) is 0 Å². The summed E-state index contributed by atoms with van der Waals surface area (Å²) < 4.78 is 7.39. The first kappa shape index (κ1) is 13.9. The Morgan fingerprint density at radius 2 is 2.00 bits per heavy atom. The summed E-state index contributed by atoms with van der Waals surface area (Å²) in [5, 5.41) is 0. The summed E-state index contributed by atoms with van der Waals surface area (Å²) in [6.07, 6.45) is 5.37. The third kappa shape index (κ3) is 2.72. The first-order chi connectivity index (χ1) is 8.60. The molecule has 1 aromatic carbocycles. The SMILES string of the molecule is CCCC1(CCC)C[C@@H](N)c2ccc(Br)cc2O1. The molecule has 0 spiro atoms. The van der Waals surface area contributed by atoms with Crippen LogP contribution in [-0.4, -0.2) is 5.60 Å². The third-order valence-corrected chi connectivity index (χ3v) is 4.20. The van der Waals surface area contributed by atoms with Crippen molar-refractivity contribution in [1.82, 2.24) is 0 Å². The van der Waals surface area contributed by atoms with Crippen LogP contribution in [0.15, 0.2) is 22.7 Å². The van der Waals surface area contributed by atoms with Crippen LogP contribution in [0, 0.1) is 0 Å². The van der Waals surface area contributed by atoms with Crippen LogP contribution in [0.3, 0.4) is 0 Å². The van der Waals surface area contributed by atoms with Gasteiger partial charge in [0.25, 0.3) is 0 Å². The molecule has 0 radical (unpaired) electrons. The van der Waals surface area contributed by atoms with Crippen molar-refractivity contribution in [3.05, 3.63) is 28.2 Å². The zero-order valence-electron chi connectivity index (χ0n) is 11.2. The lowest BCUT2D eigenvalue weighted by molar-refractivity contribution is 0.0179. The maximum absolute atomic E-state index is 6.34. The van der Waals surface area contributed by atoms with E-state index in [0.29, 0.717) is 0 Å². The summed E-state index contributed by atoms with van der Waals surface area (Å²) in [7, 11) is 0. The highest BCUT2D eigenvalue weighted by Crippen LogP contribution is 2.43. The second-order valence-electron chi connectivity index (χ2n) is 5.28. The summed E-state index contributed by atoms with van der Waals surface area (Å²) in [6.45, 7) is 4.42. The Morgan fingerprint density at radius 1 is 1.33 bits per heavy atom. The van der Waals surface area contributed by atoms with Gasteiger partial charge in [0.15, 0.2) is 0 Å². The normalized spacial score (nSPS) is 21.2. The number of rotatable bonds is 4. The van der Waals surface area contributed by atoms with E-state index in [1.807, 2.05) is 6.07 Å². The van der Waals surface area contributed by atoms with Crippen molar-refractivity contribution >= 4 is 15.9 Å². The Morgan fingerprint density at radius 3 is 2.61 bits per heavy atom. The molecule has 2 rings (SSSR count). The predicted molar refractivity (Wildman–Crippen MR) is 78.9 cm³/mol. The van der Waals surface area contributed by atoms with Crippen molar-refractivity contribution in [2.45, 2.75) is 57.6 Å². The molecule has 2 nitrogen and oxygen atoms in total. The second-order valence-corrected chi connectivity index (χ2v) is 6.19. The average molecular weight is 312 g/mol. The third-order valence-electron chi connectivity index (χ3n) is 3.70. The Hall–Kier alpha value is -0.540. The molecule has 1 aliphatic rings. The smallest absolute Gasteiger partial charge is 0.126 e. The molecule has 1 aromatic rings. The molecule has 18 heavy (non-hydrogen) atoms. The highest BCUT2D eigenvalue weighted by atomic mass is 79.9. The van der Waals surface area contributed by atoms with Crippen molar-refractivity contribution in [1.29, 1.82) is 0 Å². The number of hydrogen-bond acceptors (Lipinski definition) is 2. The van der Waals surface area contributed by atoms with Crippen LogP contribution in [0.25, 0.3) is 0 Å². The lowest BCUT2D eigenvalue weighted by Crippen LogP contribution is -2.42. The minimum absolute atomic E-state index is 0.0588. The maximum Gasteiger partial charge on any atom is 0.126 e. The Labute approximate surface area is 118 Å². The lowest BCUT2D eigenvalue weighted by atomic mass is 9.81. The van der Waals surface area contributed by atoms with Gasteiger partial charge in [-0.1, -0.05) is 48.7 Å². The van der Waals surface area contributed by atoms with E-state index in [-0.39, 0.29) is 11.6 Å². The molecule has 0 aliphatic carbocycles. The van der Waals surface area contributed by atoms with E-state index in [4.69, 9.17) is 10.5 Å².